The van der Waals surface area contributed by atoms with E-state index >= 15 is 0 Å². The fraction of sp³-hybridized carbons (Fsp3) is 0.364. The Morgan fingerprint density at radius 3 is 2.88 bits per heavy atom. The van der Waals surface area contributed by atoms with Crippen LogP contribution >= 0.6 is 0 Å². The lowest BCUT2D eigenvalue weighted by atomic mass is 9.90. The van der Waals surface area contributed by atoms with E-state index in [-0.39, 0.29) is 18.7 Å². The second-order valence-corrected chi connectivity index (χ2v) is 8.05. The van der Waals surface area contributed by atoms with Crippen molar-refractivity contribution in [2.75, 3.05) is 41.6 Å². The zero-order valence-electron chi connectivity index (χ0n) is 18.4. The van der Waals surface area contributed by atoms with Gasteiger partial charge in [0.15, 0.2) is 17.3 Å². The average Bonchev–Trinajstić information content (AvgIpc) is 3.46. The lowest BCUT2D eigenvalue weighted by Crippen LogP contribution is -2.35. The number of likely N-dealkylation sites (N-methyl/N-ethyl adjacent to an activating group) is 1. The van der Waals surface area contributed by atoms with E-state index in [2.05, 4.69) is 20.4 Å². The lowest BCUT2D eigenvalue weighted by Gasteiger charge is -2.34. The largest absolute Gasteiger partial charge is 0.492 e. The van der Waals surface area contributed by atoms with Gasteiger partial charge in [0.2, 0.25) is 12.5 Å². The first-order chi connectivity index (χ1) is 15.5. The van der Waals surface area contributed by atoms with Crippen molar-refractivity contribution in [2.24, 2.45) is 0 Å². The van der Waals surface area contributed by atoms with Crippen molar-refractivity contribution in [2.45, 2.75) is 12.5 Å². The molecule has 0 bridgehead atoms. The molecule has 0 unspecified atom stereocenters. The van der Waals surface area contributed by atoms with Crippen LogP contribution in [-0.4, -0.2) is 77.5 Å². The minimum absolute atomic E-state index is 0.0871. The third-order valence-corrected chi connectivity index (χ3v) is 5.88. The number of ether oxygens (including phenoxy) is 3. The van der Waals surface area contributed by atoms with Crippen LogP contribution in [-0.2, 0) is 6.42 Å². The van der Waals surface area contributed by atoms with Gasteiger partial charge in [-0.3, -0.25) is 9.69 Å². The van der Waals surface area contributed by atoms with Crippen LogP contribution in [0.1, 0.15) is 33.4 Å². The molecule has 0 radical (unpaired) electrons. The van der Waals surface area contributed by atoms with Crippen molar-refractivity contribution in [3.63, 3.8) is 0 Å². The highest BCUT2D eigenvalue weighted by Crippen LogP contribution is 2.50. The Morgan fingerprint density at radius 1 is 1.25 bits per heavy atom. The summed E-state index contributed by atoms with van der Waals surface area (Å²) in [5.74, 6) is 2.47. The zero-order chi connectivity index (χ0) is 22.4. The molecule has 10 nitrogen and oxygen atoms in total. The number of carbonyl (C=O) groups is 1. The summed E-state index contributed by atoms with van der Waals surface area (Å²) in [7, 11) is 7.11. The Kier molecular flexibility index (Phi) is 4.93. The summed E-state index contributed by atoms with van der Waals surface area (Å²) in [5.41, 5.74) is 3.34. The SMILES string of the molecule is COc1c2c(cc3c1[C@@H](c1nnnn1-c1cccc(C(=O)N(C)C)c1)N(C)CC3)OCO2. The second kappa shape index (κ2) is 7.79. The van der Waals surface area contributed by atoms with E-state index in [9.17, 15) is 4.79 Å². The number of fused-ring (bicyclic) bond motifs is 2. The smallest absolute Gasteiger partial charge is 0.253 e. The van der Waals surface area contributed by atoms with Crippen LogP contribution in [0.25, 0.3) is 5.69 Å². The number of aromatic nitrogens is 4. The number of nitrogens with zero attached hydrogens (tertiary/aromatic N) is 6. The number of methoxy groups -OCH3 is 1. The Balaban J connectivity index is 1.64. The maximum Gasteiger partial charge on any atom is 0.253 e. The number of amides is 1. The Hall–Kier alpha value is -3.66. The number of tetrazole rings is 1. The van der Waals surface area contributed by atoms with Crippen LogP contribution < -0.4 is 14.2 Å². The lowest BCUT2D eigenvalue weighted by molar-refractivity contribution is 0.0827. The molecule has 2 aromatic carbocycles. The van der Waals surface area contributed by atoms with Gasteiger partial charge in [-0.25, -0.2) is 0 Å². The number of hydrogen-bond donors (Lipinski definition) is 0. The molecule has 3 aromatic rings. The molecule has 1 amide bonds. The summed E-state index contributed by atoms with van der Waals surface area (Å²) in [5, 5.41) is 12.6. The number of carbonyl (C=O) groups excluding carboxylic acids is 1. The van der Waals surface area contributed by atoms with Gasteiger partial charge in [-0.15, -0.1) is 5.10 Å². The van der Waals surface area contributed by atoms with Gasteiger partial charge in [0.1, 0.15) is 6.04 Å². The van der Waals surface area contributed by atoms with Crippen molar-refractivity contribution in [3.05, 3.63) is 52.8 Å². The van der Waals surface area contributed by atoms with E-state index in [4.69, 9.17) is 14.2 Å². The Bertz CT molecular complexity index is 1190. The van der Waals surface area contributed by atoms with E-state index in [1.165, 1.54) is 4.90 Å². The van der Waals surface area contributed by atoms with Crippen molar-refractivity contribution in [1.82, 2.24) is 30.0 Å². The normalized spacial score (nSPS) is 17.2. The second-order valence-electron chi connectivity index (χ2n) is 8.05. The minimum atomic E-state index is -0.272. The molecule has 1 aromatic heterocycles. The Labute approximate surface area is 185 Å². The average molecular weight is 436 g/mol. The van der Waals surface area contributed by atoms with Crippen LogP contribution in [0, 0.1) is 0 Å². The molecule has 0 saturated carbocycles. The predicted octanol–water partition coefficient (Wildman–Crippen LogP) is 1.68. The summed E-state index contributed by atoms with van der Waals surface area (Å²) in [6.45, 7) is 0.978. The van der Waals surface area contributed by atoms with Gasteiger partial charge in [0.05, 0.1) is 12.8 Å². The van der Waals surface area contributed by atoms with Crippen molar-refractivity contribution < 1.29 is 19.0 Å². The standard InChI is InChI=1S/C22H24N6O4/c1-26(2)22(29)14-6-5-7-15(10-14)28-21(23-24-25-28)18-17-13(8-9-27(18)3)11-16-19(20(17)30-4)32-12-31-16/h5-7,10-11,18H,8-9,12H2,1-4H3/t18-/m0/s1. The fourth-order valence-corrected chi connectivity index (χ4v) is 4.34. The summed E-state index contributed by atoms with van der Waals surface area (Å²) in [6.07, 6.45) is 0.837. The molecule has 2 aliphatic rings. The molecular formula is C22H24N6O4. The molecule has 166 valence electrons. The number of benzene rings is 2. The maximum absolute atomic E-state index is 12.5. The number of hydrogen-bond acceptors (Lipinski definition) is 8. The first kappa shape index (κ1) is 20.3. The van der Waals surface area contributed by atoms with E-state index in [0.717, 1.165) is 24.1 Å². The van der Waals surface area contributed by atoms with Crippen LogP contribution in [0.5, 0.6) is 17.2 Å². The van der Waals surface area contributed by atoms with E-state index < -0.39 is 0 Å². The molecule has 3 heterocycles. The summed E-state index contributed by atoms with van der Waals surface area (Å²) in [4.78, 5) is 16.2. The zero-order valence-corrected chi connectivity index (χ0v) is 18.4. The molecule has 0 saturated heterocycles. The van der Waals surface area contributed by atoms with Crippen molar-refractivity contribution >= 4 is 5.91 Å². The van der Waals surface area contributed by atoms with Crippen LogP contribution in [0.3, 0.4) is 0 Å². The molecule has 0 spiro atoms. The molecule has 1 atom stereocenters. The topological polar surface area (TPSA) is 94.8 Å². The summed E-state index contributed by atoms with van der Waals surface area (Å²) >= 11 is 0. The van der Waals surface area contributed by atoms with Crippen LogP contribution in [0.2, 0.25) is 0 Å². The van der Waals surface area contributed by atoms with Gasteiger partial charge in [-0.05, 0) is 53.7 Å². The third-order valence-electron chi connectivity index (χ3n) is 5.88. The van der Waals surface area contributed by atoms with Gasteiger partial charge in [-0.1, -0.05) is 6.07 Å². The van der Waals surface area contributed by atoms with Crippen LogP contribution in [0.4, 0.5) is 0 Å². The first-order valence-electron chi connectivity index (χ1n) is 10.3. The Morgan fingerprint density at radius 2 is 2.09 bits per heavy atom. The van der Waals surface area contributed by atoms with Crippen molar-refractivity contribution in [1.29, 1.82) is 0 Å². The summed E-state index contributed by atoms with van der Waals surface area (Å²) < 4.78 is 18.8. The third kappa shape index (κ3) is 3.14. The molecule has 2 aliphatic heterocycles. The highest BCUT2D eigenvalue weighted by Gasteiger charge is 2.37. The molecule has 5 rings (SSSR count). The van der Waals surface area contributed by atoms with Gasteiger partial charge in [0.25, 0.3) is 5.91 Å². The molecule has 10 heteroatoms. The van der Waals surface area contributed by atoms with Gasteiger partial charge >= 0.3 is 0 Å². The molecule has 32 heavy (non-hydrogen) atoms. The van der Waals surface area contributed by atoms with Gasteiger partial charge < -0.3 is 19.1 Å². The van der Waals surface area contributed by atoms with E-state index in [1.54, 1.807) is 38.0 Å². The monoisotopic (exact) mass is 436 g/mol. The summed E-state index contributed by atoms with van der Waals surface area (Å²) in [6, 6.07) is 9.03. The molecule has 0 N–H and O–H groups in total. The predicted molar refractivity (Wildman–Crippen MR) is 114 cm³/mol. The maximum atomic E-state index is 12.5. The van der Waals surface area contributed by atoms with E-state index in [1.807, 2.05) is 25.2 Å². The molecular weight excluding hydrogens is 412 g/mol. The first-order valence-corrected chi connectivity index (χ1v) is 10.3. The highest BCUT2D eigenvalue weighted by molar-refractivity contribution is 5.94. The minimum Gasteiger partial charge on any atom is -0.492 e. The number of rotatable bonds is 4. The van der Waals surface area contributed by atoms with Crippen molar-refractivity contribution in [3.8, 4) is 22.9 Å². The van der Waals surface area contributed by atoms with E-state index in [0.29, 0.717) is 34.3 Å². The fourth-order valence-electron chi connectivity index (χ4n) is 4.34. The molecule has 0 aliphatic carbocycles. The van der Waals surface area contributed by atoms with Crippen LogP contribution in [0.15, 0.2) is 30.3 Å². The van der Waals surface area contributed by atoms with Gasteiger partial charge in [0, 0.05) is 31.8 Å². The van der Waals surface area contributed by atoms with Gasteiger partial charge in [-0.2, -0.15) is 4.68 Å². The molecule has 0 fully saturated rings. The highest BCUT2D eigenvalue weighted by atomic mass is 16.7. The quantitative estimate of drug-likeness (QED) is 0.610.